The summed E-state index contributed by atoms with van der Waals surface area (Å²) in [6, 6.07) is 0. The Labute approximate surface area is 50.5 Å². The lowest BCUT2D eigenvalue weighted by molar-refractivity contribution is 0.504. The van der Waals surface area contributed by atoms with E-state index >= 15 is 0 Å². The van der Waals surface area contributed by atoms with Crippen LogP contribution in [-0.2, 0) is 0 Å². The van der Waals surface area contributed by atoms with Crippen LogP contribution in [0.1, 0.15) is 38.5 Å². The first-order valence-electron chi connectivity index (χ1n) is 3.00. The standard InChI is InChI=1S/C6H12.2H2O/c1-2-4-6-5-3-1;;/h1-6H2;2*1H2. The molecule has 0 saturated heterocycles. The van der Waals surface area contributed by atoms with Gasteiger partial charge in [0.1, 0.15) is 0 Å². The molecule has 1 rings (SSSR count). The van der Waals surface area contributed by atoms with Crippen LogP contribution in [0.5, 0.6) is 0 Å². The molecule has 2 heteroatoms. The average Bonchev–Trinajstić information content (AvgIpc) is 1.72. The van der Waals surface area contributed by atoms with Crippen LogP contribution in [0.4, 0.5) is 0 Å². The summed E-state index contributed by atoms with van der Waals surface area (Å²) in [5.74, 6) is 0. The van der Waals surface area contributed by atoms with E-state index in [0.717, 1.165) is 0 Å². The molecule has 8 heavy (non-hydrogen) atoms. The van der Waals surface area contributed by atoms with Crippen molar-refractivity contribution >= 4 is 0 Å². The first-order chi connectivity index (χ1) is 3.00. The molecule has 0 aromatic heterocycles. The zero-order chi connectivity index (χ0) is 4.24. The Hall–Kier alpha value is -0.0800. The lowest BCUT2D eigenvalue weighted by Crippen LogP contribution is -1.85. The van der Waals surface area contributed by atoms with E-state index in [2.05, 4.69) is 0 Å². The second-order valence-electron chi connectivity index (χ2n) is 2.12. The van der Waals surface area contributed by atoms with Gasteiger partial charge in [0.15, 0.2) is 0 Å². The minimum atomic E-state index is 0. The van der Waals surface area contributed by atoms with Gasteiger partial charge in [-0.05, 0) is 0 Å². The normalized spacial score (nSPS) is 18.0. The van der Waals surface area contributed by atoms with Crippen molar-refractivity contribution in [2.24, 2.45) is 0 Å². The molecule has 2 nitrogen and oxygen atoms in total. The van der Waals surface area contributed by atoms with Crippen molar-refractivity contribution in [3.63, 3.8) is 0 Å². The zero-order valence-electron chi connectivity index (χ0n) is 5.24. The second kappa shape index (κ2) is 6.92. The summed E-state index contributed by atoms with van der Waals surface area (Å²) in [5, 5.41) is 0. The van der Waals surface area contributed by atoms with E-state index in [0.29, 0.717) is 0 Å². The molecule has 0 radical (unpaired) electrons. The molecule has 0 atom stereocenters. The SMILES string of the molecule is C1CCCCC1.O.O. The molecule has 0 unspecified atom stereocenters. The quantitative estimate of drug-likeness (QED) is 0.451. The Morgan fingerprint density at radius 3 is 0.625 bits per heavy atom. The maximum Gasteiger partial charge on any atom is -0.0533 e. The van der Waals surface area contributed by atoms with E-state index in [-0.39, 0.29) is 11.0 Å². The van der Waals surface area contributed by atoms with E-state index in [1.807, 2.05) is 0 Å². The Morgan fingerprint density at radius 2 is 0.500 bits per heavy atom. The van der Waals surface area contributed by atoms with Gasteiger partial charge in [-0.15, -0.1) is 0 Å². The van der Waals surface area contributed by atoms with E-state index in [9.17, 15) is 0 Å². The number of hydrogen-bond acceptors (Lipinski definition) is 0. The van der Waals surface area contributed by atoms with Crippen LogP contribution >= 0.6 is 0 Å². The average molecular weight is 120 g/mol. The molecule has 0 heterocycles. The van der Waals surface area contributed by atoms with Gasteiger partial charge in [0, 0.05) is 0 Å². The Kier molecular flexibility index (Phi) is 9.36. The highest BCUT2D eigenvalue weighted by Crippen LogP contribution is 2.15. The van der Waals surface area contributed by atoms with Gasteiger partial charge in [0.25, 0.3) is 0 Å². The van der Waals surface area contributed by atoms with Crippen LogP contribution in [0, 0.1) is 0 Å². The third-order valence-corrected chi connectivity index (χ3v) is 1.50. The van der Waals surface area contributed by atoms with E-state index in [1.165, 1.54) is 38.5 Å². The Balaban J connectivity index is 0. The summed E-state index contributed by atoms with van der Waals surface area (Å²) in [4.78, 5) is 0. The van der Waals surface area contributed by atoms with Crippen molar-refractivity contribution in [1.82, 2.24) is 0 Å². The fourth-order valence-corrected chi connectivity index (χ4v) is 1.06. The summed E-state index contributed by atoms with van der Waals surface area (Å²) in [6.45, 7) is 0. The van der Waals surface area contributed by atoms with Gasteiger partial charge >= 0.3 is 0 Å². The molecule has 0 spiro atoms. The molecular formula is C6H16O2. The molecule has 0 bridgehead atoms. The fraction of sp³-hybridized carbons (Fsp3) is 1.00. The monoisotopic (exact) mass is 120 g/mol. The zero-order valence-corrected chi connectivity index (χ0v) is 5.24. The van der Waals surface area contributed by atoms with Crippen LogP contribution in [0.3, 0.4) is 0 Å². The minimum absolute atomic E-state index is 0. The highest BCUT2D eigenvalue weighted by molar-refractivity contribution is 4.51. The summed E-state index contributed by atoms with van der Waals surface area (Å²) >= 11 is 0. The maximum absolute atomic E-state index is 1.50. The highest BCUT2D eigenvalue weighted by atomic mass is 16.0. The molecule has 1 aliphatic carbocycles. The molecular weight excluding hydrogens is 104 g/mol. The lowest BCUT2D eigenvalue weighted by Gasteiger charge is -2.05. The van der Waals surface area contributed by atoms with E-state index < -0.39 is 0 Å². The molecule has 4 N–H and O–H groups in total. The van der Waals surface area contributed by atoms with Gasteiger partial charge in [-0.3, -0.25) is 0 Å². The molecule has 1 saturated carbocycles. The molecule has 1 fully saturated rings. The molecule has 0 aliphatic heterocycles. The largest absolute Gasteiger partial charge is 0.412 e. The number of hydrogen-bond donors (Lipinski definition) is 0. The molecule has 0 amide bonds. The lowest BCUT2D eigenvalue weighted by atomic mass is 10.0. The predicted octanol–water partition coefficient (Wildman–Crippen LogP) is 0.691. The summed E-state index contributed by atoms with van der Waals surface area (Å²) in [7, 11) is 0. The van der Waals surface area contributed by atoms with Crippen molar-refractivity contribution in [2.45, 2.75) is 38.5 Å². The van der Waals surface area contributed by atoms with Crippen molar-refractivity contribution < 1.29 is 11.0 Å². The summed E-state index contributed by atoms with van der Waals surface area (Å²) < 4.78 is 0. The van der Waals surface area contributed by atoms with Crippen LogP contribution in [0.15, 0.2) is 0 Å². The van der Waals surface area contributed by atoms with Gasteiger partial charge in [0.05, 0.1) is 0 Å². The number of rotatable bonds is 0. The smallest absolute Gasteiger partial charge is 0.0533 e. The maximum atomic E-state index is 1.50. The Bertz CT molecular complexity index is 22.0. The molecule has 0 aromatic rings. The van der Waals surface area contributed by atoms with Crippen molar-refractivity contribution in [3.8, 4) is 0 Å². The van der Waals surface area contributed by atoms with Crippen LogP contribution in [-0.4, -0.2) is 11.0 Å². The minimum Gasteiger partial charge on any atom is -0.412 e. The van der Waals surface area contributed by atoms with E-state index in [4.69, 9.17) is 0 Å². The van der Waals surface area contributed by atoms with Crippen molar-refractivity contribution in [3.05, 3.63) is 0 Å². The predicted molar refractivity (Wildman–Crippen MR) is 34.9 cm³/mol. The first kappa shape index (κ1) is 10.8. The van der Waals surface area contributed by atoms with Gasteiger partial charge in [-0.2, -0.15) is 0 Å². The topological polar surface area (TPSA) is 63.0 Å². The molecule has 0 aromatic carbocycles. The first-order valence-corrected chi connectivity index (χ1v) is 3.00. The highest BCUT2D eigenvalue weighted by Gasteiger charge is 1.95. The third-order valence-electron chi connectivity index (χ3n) is 1.50. The second-order valence-corrected chi connectivity index (χ2v) is 2.12. The third kappa shape index (κ3) is 4.09. The molecule has 52 valence electrons. The summed E-state index contributed by atoms with van der Waals surface area (Å²) in [6.07, 6.45) is 9.00. The van der Waals surface area contributed by atoms with Crippen LogP contribution in [0.25, 0.3) is 0 Å². The Morgan fingerprint density at radius 1 is 0.375 bits per heavy atom. The van der Waals surface area contributed by atoms with Gasteiger partial charge < -0.3 is 11.0 Å². The van der Waals surface area contributed by atoms with Gasteiger partial charge in [-0.1, -0.05) is 38.5 Å². The fourth-order valence-electron chi connectivity index (χ4n) is 1.06. The van der Waals surface area contributed by atoms with Crippen LogP contribution < -0.4 is 0 Å². The molecule has 1 aliphatic rings. The summed E-state index contributed by atoms with van der Waals surface area (Å²) in [5.41, 5.74) is 0. The van der Waals surface area contributed by atoms with Crippen LogP contribution in [0.2, 0.25) is 0 Å². The van der Waals surface area contributed by atoms with Crippen molar-refractivity contribution in [2.75, 3.05) is 0 Å². The van der Waals surface area contributed by atoms with Crippen molar-refractivity contribution in [1.29, 1.82) is 0 Å². The van der Waals surface area contributed by atoms with Gasteiger partial charge in [0.2, 0.25) is 0 Å². The van der Waals surface area contributed by atoms with E-state index in [1.54, 1.807) is 0 Å². The van der Waals surface area contributed by atoms with Gasteiger partial charge in [-0.25, -0.2) is 0 Å².